The molecular weight excluding hydrogens is 224 g/mol. The standard InChI is InChI=1S/C11H6N2O2S/c14-6-7-5-9(15-13-7)11-8-2-4-16-10(8)1-3-12-11/h1-6H. The third-order valence-corrected chi connectivity index (χ3v) is 3.14. The average molecular weight is 230 g/mol. The maximum Gasteiger partial charge on any atom is 0.186 e. The molecule has 4 nitrogen and oxygen atoms in total. The maximum absolute atomic E-state index is 10.5. The topological polar surface area (TPSA) is 56.0 Å². The molecule has 5 heteroatoms. The molecule has 3 aromatic rings. The Hall–Kier alpha value is -2.01. The fourth-order valence-electron chi connectivity index (χ4n) is 1.55. The van der Waals surface area contributed by atoms with Gasteiger partial charge in [-0.05, 0) is 17.5 Å². The molecule has 3 aromatic heterocycles. The van der Waals surface area contributed by atoms with Gasteiger partial charge in [-0.3, -0.25) is 9.78 Å². The van der Waals surface area contributed by atoms with E-state index in [1.807, 2.05) is 17.5 Å². The molecule has 0 radical (unpaired) electrons. The van der Waals surface area contributed by atoms with Crippen LogP contribution in [0, 0.1) is 0 Å². The van der Waals surface area contributed by atoms with Crippen molar-refractivity contribution in [2.45, 2.75) is 0 Å². The summed E-state index contributed by atoms with van der Waals surface area (Å²) in [5.74, 6) is 0.520. The van der Waals surface area contributed by atoms with E-state index >= 15 is 0 Å². The number of carbonyl (C=O) groups excluding carboxylic acids is 1. The van der Waals surface area contributed by atoms with Crippen molar-refractivity contribution in [3.05, 3.63) is 35.5 Å². The van der Waals surface area contributed by atoms with Crippen LogP contribution in [0.25, 0.3) is 21.5 Å². The highest BCUT2D eigenvalue weighted by Gasteiger charge is 2.11. The second-order valence-electron chi connectivity index (χ2n) is 3.23. The van der Waals surface area contributed by atoms with Gasteiger partial charge in [0.15, 0.2) is 12.0 Å². The lowest BCUT2D eigenvalue weighted by Gasteiger charge is -1.95. The zero-order valence-corrected chi connectivity index (χ0v) is 8.90. The van der Waals surface area contributed by atoms with Crippen LogP contribution in [0.1, 0.15) is 10.5 Å². The first kappa shape index (κ1) is 9.23. The van der Waals surface area contributed by atoms with E-state index < -0.39 is 0 Å². The van der Waals surface area contributed by atoms with Gasteiger partial charge in [0.1, 0.15) is 11.4 Å². The van der Waals surface area contributed by atoms with E-state index in [2.05, 4.69) is 10.1 Å². The van der Waals surface area contributed by atoms with Crippen molar-refractivity contribution >= 4 is 27.7 Å². The first-order valence-electron chi connectivity index (χ1n) is 4.63. The van der Waals surface area contributed by atoms with Crippen LogP contribution in [-0.2, 0) is 0 Å². The van der Waals surface area contributed by atoms with Crippen LogP contribution in [0.4, 0.5) is 0 Å². The molecule has 0 aliphatic carbocycles. The second-order valence-corrected chi connectivity index (χ2v) is 4.17. The van der Waals surface area contributed by atoms with Gasteiger partial charge in [-0.15, -0.1) is 11.3 Å². The van der Waals surface area contributed by atoms with E-state index in [9.17, 15) is 4.79 Å². The third-order valence-electron chi connectivity index (χ3n) is 2.26. The fraction of sp³-hybridized carbons (Fsp3) is 0. The minimum absolute atomic E-state index is 0.282. The summed E-state index contributed by atoms with van der Waals surface area (Å²) in [6.07, 6.45) is 2.37. The van der Waals surface area contributed by atoms with Crippen molar-refractivity contribution in [1.29, 1.82) is 0 Å². The van der Waals surface area contributed by atoms with E-state index in [0.717, 1.165) is 15.8 Å². The second kappa shape index (κ2) is 3.53. The Morgan fingerprint density at radius 3 is 3.12 bits per heavy atom. The normalized spacial score (nSPS) is 10.8. The first-order valence-corrected chi connectivity index (χ1v) is 5.51. The third kappa shape index (κ3) is 1.33. The molecule has 16 heavy (non-hydrogen) atoms. The molecule has 78 valence electrons. The number of rotatable bonds is 2. The van der Waals surface area contributed by atoms with E-state index in [-0.39, 0.29) is 5.69 Å². The number of aldehydes is 1. The lowest BCUT2D eigenvalue weighted by Crippen LogP contribution is -1.80. The Kier molecular flexibility index (Phi) is 2.04. The fourth-order valence-corrected chi connectivity index (χ4v) is 2.33. The minimum Gasteiger partial charge on any atom is -0.354 e. The highest BCUT2D eigenvalue weighted by atomic mass is 32.1. The van der Waals surface area contributed by atoms with Crippen molar-refractivity contribution in [2.24, 2.45) is 0 Å². The molecule has 0 fully saturated rings. The number of pyridine rings is 1. The van der Waals surface area contributed by atoms with Gasteiger partial charge in [-0.1, -0.05) is 5.16 Å². The first-order chi connectivity index (χ1) is 7.88. The molecule has 0 saturated carbocycles. The van der Waals surface area contributed by atoms with Crippen LogP contribution in [-0.4, -0.2) is 16.4 Å². The summed E-state index contributed by atoms with van der Waals surface area (Å²) in [6, 6.07) is 5.51. The number of fused-ring (bicyclic) bond motifs is 1. The number of hydrogen-bond acceptors (Lipinski definition) is 5. The molecule has 0 amide bonds. The van der Waals surface area contributed by atoms with Gasteiger partial charge in [-0.25, -0.2) is 0 Å². The van der Waals surface area contributed by atoms with Gasteiger partial charge >= 0.3 is 0 Å². The SMILES string of the molecule is O=Cc1cc(-c2nccc3sccc23)on1. The monoisotopic (exact) mass is 230 g/mol. The summed E-state index contributed by atoms with van der Waals surface area (Å²) in [6.45, 7) is 0. The summed E-state index contributed by atoms with van der Waals surface area (Å²) in [5.41, 5.74) is 1.00. The number of hydrogen-bond donors (Lipinski definition) is 0. The van der Waals surface area contributed by atoms with Crippen molar-refractivity contribution < 1.29 is 9.32 Å². The van der Waals surface area contributed by atoms with Crippen LogP contribution in [0.5, 0.6) is 0 Å². The molecule has 3 heterocycles. The van der Waals surface area contributed by atoms with Gasteiger partial charge in [-0.2, -0.15) is 0 Å². The van der Waals surface area contributed by atoms with Gasteiger partial charge in [0.25, 0.3) is 0 Å². The van der Waals surface area contributed by atoms with Gasteiger partial charge < -0.3 is 4.52 Å². The van der Waals surface area contributed by atoms with Crippen molar-refractivity contribution in [3.8, 4) is 11.5 Å². The largest absolute Gasteiger partial charge is 0.354 e. The van der Waals surface area contributed by atoms with Crippen molar-refractivity contribution in [3.63, 3.8) is 0 Å². The predicted octanol–water partition coefficient (Wildman–Crippen LogP) is 2.76. The van der Waals surface area contributed by atoms with Gasteiger partial charge in [0.2, 0.25) is 0 Å². The van der Waals surface area contributed by atoms with E-state index in [0.29, 0.717) is 12.0 Å². The molecule has 0 spiro atoms. The zero-order valence-electron chi connectivity index (χ0n) is 8.08. The van der Waals surface area contributed by atoms with Crippen molar-refractivity contribution in [1.82, 2.24) is 10.1 Å². The highest BCUT2D eigenvalue weighted by molar-refractivity contribution is 7.17. The zero-order chi connectivity index (χ0) is 11.0. The summed E-state index contributed by atoms with van der Waals surface area (Å²) in [4.78, 5) is 14.8. The van der Waals surface area contributed by atoms with E-state index in [1.165, 1.54) is 0 Å². The van der Waals surface area contributed by atoms with E-state index in [1.54, 1.807) is 23.6 Å². The van der Waals surface area contributed by atoms with Crippen LogP contribution in [0.15, 0.2) is 34.3 Å². The summed E-state index contributed by atoms with van der Waals surface area (Å²) in [7, 11) is 0. The van der Waals surface area contributed by atoms with Gasteiger partial charge in [0.05, 0.1) is 0 Å². The van der Waals surface area contributed by atoms with Crippen LogP contribution in [0.3, 0.4) is 0 Å². The Balaban J connectivity index is 2.24. The van der Waals surface area contributed by atoms with E-state index in [4.69, 9.17) is 4.52 Å². The molecule has 0 N–H and O–H groups in total. The number of thiophene rings is 1. The lowest BCUT2D eigenvalue weighted by atomic mass is 10.2. The Labute approximate surface area is 94.5 Å². The molecule has 0 atom stereocenters. The highest BCUT2D eigenvalue weighted by Crippen LogP contribution is 2.29. The Morgan fingerprint density at radius 1 is 1.38 bits per heavy atom. The van der Waals surface area contributed by atoms with Crippen LogP contribution < -0.4 is 0 Å². The molecule has 0 aliphatic rings. The molecule has 0 unspecified atom stereocenters. The maximum atomic E-state index is 10.5. The molecule has 0 aromatic carbocycles. The molecule has 0 saturated heterocycles. The average Bonchev–Trinajstić information content (AvgIpc) is 2.97. The molecule has 3 rings (SSSR count). The molecule has 0 bridgehead atoms. The van der Waals surface area contributed by atoms with Crippen LogP contribution >= 0.6 is 11.3 Å². The summed E-state index contributed by atoms with van der Waals surface area (Å²) in [5, 5.41) is 6.63. The lowest BCUT2D eigenvalue weighted by molar-refractivity contribution is 0.111. The summed E-state index contributed by atoms with van der Waals surface area (Å²) >= 11 is 1.64. The van der Waals surface area contributed by atoms with Crippen LogP contribution in [0.2, 0.25) is 0 Å². The Morgan fingerprint density at radius 2 is 2.31 bits per heavy atom. The number of nitrogens with zero attached hydrogens (tertiary/aromatic N) is 2. The minimum atomic E-state index is 0.282. The summed E-state index contributed by atoms with van der Waals surface area (Å²) < 4.78 is 6.21. The van der Waals surface area contributed by atoms with Gasteiger partial charge in [0, 0.05) is 22.3 Å². The van der Waals surface area contributed by atoms with Crippen molar-refractivity contribution in [2.75, 3.05) is 0 Å². The number of aromatic nitrogens is 2. The predicted molar refractivity (Wildman–Crippen MR) is 60.5 cm³/mol. The smallest absolute Gasteiger partial charge is 0.186 e. The quantitative estimate of drug-likeness (QED) is 0.635. The molecule has 0 aliphatic heterocycles. The molecular formula is C11H6N2O2S. The number of carbonyl (C=O) groups is 1. The Bertz CT molecular complexity index is 657.